The molecule has 0 saturated heterocycles. The molecule has 0 radical (unpaired) electrons. The molecule has 162 valence electrons. The molecule has 7 nitrogen and oxygen atoms in total. The number of anilines is 1. The van der Waals surface area contributed by atoms with Crippen LogP contribution in [0.2, 0.25) is 0 Å². The standard InChI is InChI=1S/C25H24N4O3/c1-25(31,17-7-4-3-5-8-17)28-16-14-21-22(20-9-6-15-26-23(20)28)27-29(24(21)30)18-10-12-19(32-2)13-11-18/h3-13,15,27,31H,14,16H2,1-2H3. The number of hydrogen-bond donors (Lipinski definition) is 2. The molecule has 3 heterocycles. The molecule has 5 rings (SSSR count). The lowest BCUT2D eigenvalue weighted by Crippen LogP contribution is -2.45. The molecule has 32 heavy (non-hydrogen) atoms. The van der Waals surface area contributed by atoms with Crippen LogP contribution >= 0.6 is 0 Å². The topological polar surface area (TPSA) is 83.4 Å². The zero-order chi connectivity index (χ0) is 22.3. The van der Waals surface area contributed by atoms with Gasteiger partial charge in [-0.05, 0) is 49.7 Å². The summed E-state index contributed by atoms with van der Waals surface area (Å²) in [6.07, 6.45) is 2.17. The Morgan fingerprint density at radius 1 is 1.06 bits per heavy atom. The zero-order valence-electron chi connectivity index (χ0n) is 17.9. The van der Waals surface area contributed by atoms with Gasteiger partial charge in [0.15, 0.2) is 5.72 Å². The van der Waals surface area contributed by atoms with Crippen molar-refractivity contribution in [2.75, 3.05) is 18.6 Å². The van der Waals surface area contributed by atoms with Crippen LogP contribution in [0.5, 0.6) is 5.75 Å². The average molecular weight is 428 g/mol. The van der Waals surface area contributed by atoms with Crippen LogP contribution < -0.4 is 15.2 Å². The number of nitrogens with one attached hydrogen (secondary N) is 1. The Morgan fingerprint density at radius 2 is 1.81 bits per heavy atom. The van der Waals surface area contributed by atoms with Crippen LogP contribution in [0.1, 0.15) is 18.1 Å². The van der Waals surface area contributed by atoms with E-state index in [1.165, 1.54) is 0 Å². The summed E-state index contributed by atoms with van der Waals surface area (Å²) in [5.41, 5.74) is 2.26. The molecule has 0 fully saturated rings. The van der Waals surface area contributed by atoms with Crippen molar-refractivity contribution in [3.63, 3.8) is 0 Å². The van der Waals surface area contributed by atoms with Crippen LogP contribution in [0.4, 0.5) is 5.82 Å². The number of aliphatic hydroxyl groups is 1. The van der Waals surface area contributed by atoms with E-state index in [1.807, 2.05) is 71.6 Å². The summed E-state index contributed by atoms with van der Waals surface area (Å²) >= 11 is 0. The minimum absolute atomic E-state index is 0.110. The SMILES string of the molecule is COc1ccc(-n2[nH]c3c(c2=O)CCN(C(C)(O)c2ccccc2)c2ncccc2-3)cc1. The lowest BCUT2D eigenvalue weighted by Gasteiger charge is -2.38. The van der Waals surface area contributed by atoms with Crippen molar-refractivity contribution in [1.29, 1.82) is 0 Å². The number of aromatic nitrogens is 3. The van der Waals surface area contributed by atoms with E-state index in [0.29, 0.717) is 24.3 Å². The van der Waals surface area contributed by atoms with Gasteiger partial charge in [0, 0.05) is 29.4 Å². The summed E-state index contributed by atoms with van der Waals surface area (Å²) in [4.78, 5) is 19.8. The van der Waals surface area contributed by atoms with E-state index in [1.54, 1.807) is 24.9 Å². The largest absolute Gasteiger partial charge is 0.497 e. The van der Waals surface area contributed by atoms with Crippen molar-refractivity contribution >= 4 is 5.82 Å². The molecule has 0 bridgehead atoms. The van der Waals surface area contributed by atoms with Gasteiger partial charge in [0.05, 0.1) is 18.5 Å². The molecule has 1 aliphatic rings. The summed E-state index contributed by atoms with van der Waals surface area (Å²) in [7, 11) is 1.61. The number of hydrogen-bond acceptors (Lipinski definition) is 5. The van der Waals surface area contributed by atoms with Gasteiger partial charge in [0.1, 0.15) is 11.6 Å². The molecule has 2 aromatic carbocycles. The maximum atomic E-state index is 13.4. The van der Waals surface area contributed by atoms with Crippen LogP contribution in [0.25, 0.3) is 16.9 Å². The van der Waals surface area contributed by atoms with Gasteiger partial charge in [0.25, 0.3) is 5.56 Å². The molecule has 0 spiro atoms. The van der Waals surface area contributed by atoms with Gasteiger partial charge < -0.3 is 14.7 Å². The fraction of sp³-hybridized carbons (Fsp3) is 0.200. The van der Waals surface area contributed by atoms with Crippen LogP contribution in [-0.2, 0) is 12.1 Å². The number of nitrogens with zero attached hydrogens (tertiary/aromatic N) is 3. The van der Waals surface area contributed by atoms with E-state index in [9.17, 15) is 9.90 Å². The molecule has 1 aliphatic heterocycles. The first-order chi connectivity index (χ1) is 15.5. The normalized spacial score (nSPS) is 14.8. The molecule has 4 aromatic rings. The molecule has 0 saturated carbocycles. The molecule has 0 amide bonds. The number of ether oxygens (including phenoxy) is 1. The fourth-order valence-electron chi connectivity index (χ4n) is 4.31. The van der Waals surface area contributed by atoms with E-state index in [-0.39, 0.29) is 5.56 Å². The van der Waals surface area contributed by atoms with Gasteiger partial charge in [-0.3, -0.25) is 9.89 Å². The molecule has 1 atom stereocenters. The quantitative estimate of drug-likeness (QED) is 0.520. The molecular formula is C25H24N4O3. The van der Waals surface area contributed by atoms with Crippen molar-refractivity contribution in [2.45, 2.75) is 19.1 Å². The third-order valence-corrected chi connectivity index (χ3v) is 6.06. The lowest BCUT2D eigenvalue weighted by molar-refractivity contribution is 0.0523. The highest BCUT2D eigenvalue weighted by atomic mass is 16.5. The van der Waals surface area contributed by atoms with E-state index >= 15 is 0 Å². The van der Waals surface area contributed by atoms with Gasteiger partial charge in [0.2, 0.25) is 0 Å². The van der Waals surface area contributed by atoms with Gasteiger partial charge in [-0.15, -0.1) is 0 Å². The Morgan fingerprint density at radius 3 is 2.53 bits per heavy atom. The second-order valence-electron chi connectivity index (χ2n) is 7.97. The van der Waals surface area contributed by atoms with Crippen molar-refractivity contribution in [3.8, 4) is 22.7 Å². The molecule has 7 heteroatoms. The molecular weight excluding hydrogens is 404 g/mol. The van der Waals surface area contributed by atoms with Gasteiger partial charge >= 0.3 is 0 Å². The highest BCUT2D eigenvalue weighted by Gasteiger charge is 2.36. The lowest BCUT2D eigenvalue weighted by atomic mass is 10.0. The van der Waals surface area contributed by atoms with Crippen LogP contribution in [0.15, 0.2) is 77.7 Å². The number of H-pyrrole nitrogens is 1. The maximum absolute atomic E-state index is 13.4. The molecule has 2 N–H and O–H groups in total. The number of fused-ring (bicyclic) bond motifs is 3. The number of pyridine rings is 1. The smallest absolute Gasteiger partial charge is 0.275 e. The summed E-state index contributed by atoms with van der Waals surface area (Å²) in [5, 5.41) is 14.8. The predicted molar refractivity (Wildman–Crippen MR) is 123 cm³/mol. The second kappa shape index (κ2) is 7.69. The van der Waals surface area contributed by atoms with Gasteiger partial charge in [-0.2, -0.15) is 0 Å². The maximum Gasteiger partial charge on any atom is 0.275 e. The number of benzene rings is 2. The van der Waals surface area contributed by atoms with Crippen molar-refractivity contribution < 1.29 is 9.84 Å². The van der Waals surface area contributed by atoms with Crippen LogP contribution in [0, 0.1) is 0 Å². The third-order valence-electron chi connectivity index (χ3n) is 6.06. The third kappa shape index (κ3) is 3.18. The Hall–Kier alpha value is -3.84. The van der Waals surface area contributed by atoms with Crippen molar-refractivity contribution in [3.05, 3.63) is 94.4 Å². The predicted octanol–water partition coefficient (Wildman–Crippen LogP) is 3.46. The zero-order valence-corrected chi connectivity index (χ0v) is 17.9. The van der Waals surface area contributed by atoms with Crippen molar-refractivity contribution in [2.24, 2.45) is 0 Å². The summed E-state index contributed by atoms with van der Waals surface area (Å²) in [6, 6.07) is 20.6. The first-order valence-corrected chi connectivity index (χ1v) is 10.5. The Bertz CT molecular complexity index is 1310. The monoisotopic (exact) mass is 428 g/mol. The average Bonchev–Trinajstić information content (AvgIpc) is 3.05. The Labute approximate surface area is 185 Å². The van der Waals surface area contributed by atoms with E-state index in [4.69, 9.17) is 4.74 Å². The fourth-order valence-corrected chi connectivity index (χ4v) is 4.31. The van der Waals surface area contributed by atoms with Crippen molar-refractivity contribution in [1.82, 2.24) is 14.8 Å². The minimum Gasteiger partial charge on any atom is -0.497 e. The van der Waals surface area contributed by atoms with Crippen LogP contribution in [0.3, 0.4) is 0 Å². The molecule has 0 aliphatic carbocycles. The summed E-state index contributed by atoms with van der Waals surface area (Å²) in [5.74, 6) is 1.35. The van der Waals surface area contributed by atoms with Gasteiger partial charge in [-0.1, -0.05) is 30.3 Å². The van der Waals surface area contributed by atoms with E-state index in [2.05, 4.69) is 10.1 Å². The molecule has 1 unspecified atom stereocenters. The number of aromatic amines is 1. The first kappa shape index (κ1) is 20.1. The van der Waals surface area contributed by atoms with E-state index in [0.717, 1.165) is 28.3 Å². The second-order valence-corrected chi connectivity index (χ2v) is 7.97. The molecule has 2 aromatic heterocycles. The Balaban J connectivity index is 1.63. The summed E-state index contributed by atoms with van der Waals surface area (Å²) in [6.45, 7) is 2.20. The Kier molecular flexibility index (Phi) is 4.83. The van der Waals surface area contributed by atoms with Gasteiger partial charge in [-0.25, -0.2) is 9.67 Å². The van der Waals surface area contributed by atoms with E-state index < -0.39 is 5.72 Å². The number of methoxy groups -OCH3 is 1. The first-order valence-electron chi connectivity index (χ1n) is 10.5. The highest BCUT2D eigenvalue weighted by molar-refractivity contribution is 5.77. The summed E-state index contributed by atoms with van der Waals surface area (Å²) < 4.78 is 6.77. The van der Waals surface area contributed by atoms with Crippen LogP contribution in [-0.4, -0.2) is 33.5 Å². The number of rotatable bonds is 4. The minimum atomic E-state index is -1.29. The highest BCUT2D eigenvalue weighted by Crippen LogP contribution is 2.38.